The van der Waals surface area contributed by atoms with Gasteiger partial charge in [0.25, 0.3) is 5.91 Å². The number of carbonyl (C=O) groups is 2. The number of nitrogens with one attached hydrogen (secondary N) is 2. The number of rotatable bonds is 10. The van der Waals surface area contributed by atoms with Gasteiger partial charge >= 0.3 is 0 Å². The molecule has 0 radical (unpaired) electrons. The van der Waals surface area contributed by atoms with Gasteiger partial charge in [-0.15, -0.1) is 0 Å². The highest BCUT2D eigenvalue weighted by Gasteiger charge is 2.59. The number of hydrogen-bond donors (Lipinski definition) is 2. The fourth-order valence-electron chi connectivity index (χ4n) is 8.95. The van der Waals surface area contributed by atoms with E-state index >= 15 is 4.39 Å². The molecule has 3 aliphatic carbocycles. The van der Waals surface area contributed by atoms with Crippen LogP contribution in [0.1, 0.15) is 70.6 Å². The molecule has 6 aliphatic rings. The highest BCUT2D eigenvalue weighted by atomic mass is 19.1. The molecule has 3 heterocycles. The van der Waals surface area contributed by atoms with Crippen LogP contribution in [-0.4, -0.2) is 116 Å². The Morgan fingerprint density at radius 3 is 2.56 bits per heavy atom. The van der Waals surface area contributed by atoms with Crippen molar-refractivity contribution in [3.05, 3.63) is 11.8 Å². The number of ketones is 1. The Bertz CT molecular complexity index is 971. The van der Waals surface area contributed by atoms with E-state index in [4.69, 9.17) is 4.74 Å². The fraction of sp³-hybridized carbons (Fsp3) is 0.875. The molecule has 8 nitrogen and oxygen atoms in total. The maximum Gasteiger partial charge on any atom is 0.256 e. The van der Waals surface area contributed by atoms with Crippen LogP contribution in [0.3, 0.4) is 0 Å². The lowest BCUT2D eigenvalue weighted by atomic mass is 9.65. The minimum atomic E-state index is -1.18. The molecule has 230 valence electrons. The van der Waals surface area contributed by atoms with E-state index in [0.29, 0.717) is 18.4 Å². The average Bonchev–Trinajstić information content (AvgIpc) is 3.48. The summed E-state index contributed by atoms with van der Waals surface area (Å²) < 4.78 is 22.9. The molecule has 41 heavy (non-hydrogen) atoms. The van der Waals surface area contributed by atoms with Crippen LogP contribution in [0.15, 0.2) is 11.8 Å². The molecule has 6 rings (SSSR count). The Balaban J connectivity index is 1.22. The van der Waals surface area contributed by atoms with Gasteiger partial charge < -0.3 is 30.1 Å². The molecule has 2 N–H and O–H groups in total. The van der Waals surface area contributed by atoms with Crippen molar-refractivity contribution in [2.75, 3.05) is 53.4 Å². The van der Waals surface area contributed by atoms with Crippen molar-refractivity contribution in [3.8, 4) is 0 Å². The summed E-state index contributed by atoms with van der Waals surface area (Å²) >= 11 is 0. The molecule has 0 aromatic heterocycles. The van der Waals surface area contributed by atoms with Crippen molar-refractivity contribution in [1.82, 2.24) is 25.3 Å². The van der Waals surface area contributed by atoms with E-state index in [0.717, 1.165) is 58.4 Å². The summed E-state index contributed by atoms with van der Waals surface area (Å²) in [5, 5.41) is 6.55. The molecule has 0 spiro atoms. The lowest BCUT2D eigenvalue weighted by Gasteiger charge is -2.61. The van der Waals surface area contributed by atoms with Crippen molar-refractivity contribution in [2.45, 2.75) is 107 Å². The van der Waals surface area contributed by atoms with E-state index in [9.17, 15) is 9.59 Å². The summed E-state index contributed by atoms with van der Waals surface area (Å²) in [6, 6.07) is -0.494. The number of fused-ring (bicyclic) bond motifs is 3. The predicted molar refractivity (Wildman–Crippen MR) is 157 cm³/mol. The first-order valence-corrected chi connectivity index (χ1v) is 16.6. The van der Waals surface area contributed by atoms with Gasteiger partial charge in [0.15, 0.2) is 5.78 Å². The SMILES string of the molecule is CN(C)CCCCNC1C(F)CC2C(=O)C(C(=O)NCCN3CCCC3)=CN3C4CC5CCCCC5CC4OC1C23. The van der Waals surface area contributed by atoms with E-state index in [-0.39, 0.29) is 48.0 Å². The van der Waals surface area contributed by atoms with Gasteiger partial charge in [0.2, 0.25) is 0 Å². The van der Waals surface area contributed by atoms with Gasteiger partial charge in [0, 0.05) is 25.2 Å². The minimum Gasteiger partial charge on any atom is -0.369 e. The molecular formula is C32H52FN5O3. The Kier molecular flexibility index (Phi) is 9.35. The van der Waals surface area contributed by atoms with E-state index < -0.39 is 18.1 Å². The number of likely N-dealkylation sites (tertiary alicyclic amines) is 1. The smallest absolute Gasteiger partial charge is 0.256 e. The highest BCUT2D eigenvalue weighted by molar-refractivity contribution is 6.20. The number of halogens is 1. The number of hydrogen-bond acceptors (Lipinski definition) is 7. The number of morpholine rings is 1. The van der Waals surface area contributed by atoms with Crippen molar-refractivity contribution < 1.29 is 18.7 Å². The van der Waals surface area contributed by atoms with Crippen LogP contribution >= 0.6 is 0 Å². The normalized spacial score (nSPS) is 38.7. The quantitative estimate of drug-likeness (QED) is 0.308. The van der Waals surface area contributed by atoms with Crippen LogP contribution in [0.25, 0.3) is 0 Å². The van der Waals surface area contributed by atoms with Gasteiger partial charge in [0.1, 0.15) is 6.17 Å². The third-order valence-electron chi connectivity index (χ3n) is 11.1. The highest BCUT2D eigenvalue weighted by Crippen LogP contribution is 2.50. The maximum absolute atomic E-state index is 16.0. The predicted octanol–water partition coefficient (Wildman–Crippen LogP) is 2.73. The van der Waals surface area contributed by atoms with Gasteiger partial charge in [-0.05, 0) is 97.1 Å². The monoisotopic (exact) mass is 573 g/mol. The molecule has 9 atom stereocenters. The second-order valence-corrected chi connectivity index (χ2v) is 14.0. The number of unbranched alkanes of at least 4 members (excludes halogenated alkanes) is 1. The molecule has 3 aliphatic heterocycles. The van der Waals surface area contributed by atoms with E-state index in [1.54, 1.807) is 0 Å². The third-order valence-corrected chi connectivity index (χ3v) is 11.1. The summed E-state index contributed by atoms with van der Waals surface area (Å²) in [7, 11) is 4.15. The van der Waals surface area contributed by atoms with Crippen LogP contribution in [0.5, 0.6) is 0 Å². The summed E-state index contributed by atoms with van der Waals surface area (Å²) in [5.74, 6) is 0.306. The number of alkyl halides is 1. The molecule has 5 fully saturated rings. The van der Waals surface area contributed by atoms with Crippen molar-refractivity contribution in [3.63, 3.8) is 0 Å². The van der Waals surface area contributed by atoms with E-state index in [1.165, 1.54) is 38.5 Å². The topological polar surface area (TPSA) is 77.2 Å². The van der Waals surface area contributed by atoms with Gasteiger partial charge in [-0.25, -0.2) is 4.39 Å². The first-order chi connectivity index (χ1) is 19.9. The summed E-state index contributed by atoms with van der Waals surface area (Å²) in [4.78, 5) is 34.1. The minimum absolute atomic E-state index is 0.0171. The maximum atomic E-state index is 16.0. The van der Waals surface area contributed by atoms with Crippen LogP contribution in [-0.2, 0) is 14.3 Å². The number of amides is 1. The zero-order valence-electron chi connectivity index (χ0n) is 25.2. The molecule has 0 aromatic carbocycles. The van der Waals surface area contributed by atoms with Gasteiger partial charge in [-0.2, -0.15) is 0 Å². The first kappa shape index (κ1) is 29.5. The molecule has 0 aromatic rings. The number of nitrogens with zero attached hydrogens (tertiary/aromatic N) is 3. The number of carbonyl (C=O) groups excluding carboxylic acids is 2. The van der Waals surface area contributed by atoms with E-state index in [1.807, 2.05) is 6.20 Å². The third kappa shape index (κ3) is 6.24. The molecule has 9 heteroatoms. The van der Waals surface area contributed by atoms with Gasteiger partial charge in [-0.1, -0.05) is 25.7 Å². The largest absolute Gasteiger partial charge is 0.369 e. The molecule has 0 bridgehead atoms. The first-order valence-electron chi connectivity index (χ1n) is 16.6. The molecular weight excluding hydrogens is 521 g/mol. The fourth-order valence-corrected chi connectivity index (χ4v) is 8.95. The average molecular weight is 574 g/mol. The number of ether oxygens (including phenoxy) is 1. The Morgan fingerprint density at radius 1 is 1.05 bits per heavy atom. The second-order valence-electron chi connectivity index (χ2n) is 14.0. The Morgan fingerprint density at radius 2 is 1.80 bits per heavy atom. The molecule has 3 saturated carbocycles. The lowest BCUT2D eigenvalue weighted by Crippen LogP contribution is -2.73. The van der Waals surface area contributed by atoms with Crippen LogP contribution in [0, 0.1) is 17.8 Å². The summed E-state index contributed by atoms with van der Waals surface area (Å²) in [6.07, 6.45) is 12.1. The molecule has 9 unspecified atom stereocenters. The van der Waals surface area contributed by atoms with E-state index in [2.05, 4.69) is 39.4 Å². The second kappa shape index (κ2) is 13.0. The van der Waals surface area contributed by atoms with Gasteiger partial charge in [0.05, 0.1) is 35.9 Å². The van der Waals surface area contributed by atoms with Crippen LogP contribution in [0.4, 0.5) is 4.39 Å². The Labute approximate surface area is 245 Å². The van der Waals surface area contributed by atoms with Crippen LogP contribution in [0.2, 0.25) is 0 Å². The van der Waals surface area contributed by atoms with Crippen LogP contribution < -0.4 is 10.6 Å². The summed E-state index contributed by atoms with van der Waals surface area (Å²) in [6.45, 7) is 5.24. The molecule has 1 amide bonds. The lowest BCUT2D eigenvalue weighted by molar-refractivity contribution is -0.208. The van der Waals surface area contributed by atoms with Crippen molar-refractivity contribution in [2.24, 2.45) is 17.8 Å². The zero-order valence-corrected chi connectivity index (χ0v) is 25.2. The zero-order chi connectivity index (χ0) is 28.5. The van der Waals surface area contributed by atoms with Crippen molar-refractivity contribution in [1.29, 1.82) is 0 Å². The van der Waals surface area contributed by atoms with Gasteiger partial charge in [-0.3, -0.25) is 9.59 Å². The standard InChI is InChI=1S/C32H52FN5O3/c1-36(2)13-6-5-11-34-28-25(33)19-23-29-31(28)41-27-18-22-10-4-3-9-21(22)17-26(27)38(29)20-24(30(23)39)32(40)35-12-16-37-14-7-8-15-37/h20-23,25-29,31,34H,3-19H2,1-2H3,(H,35,40). The summed E-state index contributed by atoms with van der Waals surface area (Å²) in [5.41, 5.74) is 0.222. The number of Topliss-reactive ketones (excluding diaryl/α,β-unsaturated/α-hetero) is 1. The molecule has 2 saturated heterocycles. The Hall–Kier alpha value is -1.55. The van der Waals surface area contributed by atoms with Crippen molar-refractivity contribution >= 4 is 11.7 Å².